The van der Waals surface area contributed by atoms with Crippen LogP contribution in [0.5, 0.6) is 0 Å². The van der Waals surface area contributed by atoms with Crippen molar-refractivity contribution in [2.75, 3.05) is 13.1 Å². The van der Waals surface area contributed by atoms with Crippen LogP contribution in [0.1, 0.15) is 25.0 Å². The molecule has 0 aliphatic carbocycles. The fourth-order valence-electron chi connectivity index (χ4n) is 3.10. The zero-order chi connectivity index (χ0) is 19.9. The van der Waals surface area contributed by atoms with E-state index in [1.165, 1.54) is 16.5 Å². The van der Waals surface area contributed by atoms with Gasteiger partial charge in [-0.2, -0.15) is 0 Å². The zero-order valence-electron chi connectivity index (χ0n) is 16.4. The normalized spacial score (nSPS) is 11.1. The van der Waals surface area contributed by atoms with Gasteiger partial charge in [-0.3, -0.25) is 19.1 Å². The summed E-state index contributed by atoms with van der Waals surface area (Å²) in [7, 11) is 0. The lowest BCUT2D eigenvalue weighted by Crippen LogP contribution is -2.32. The number of benzene rings is 2. The van der Waals surface area contributed by atoms with Crippen LogP contribution >= 0.6 is 0 Å². The van der Waals surface area contributed by atoms with Crippen molar-refractivity contribution >= 4 is 16.8 Å². The minimum Gasteiger partial charge on any atom is -0.350 e. The highest BCUT2D eigenvalue weighted by molar-refractivity contribution is 5.78. The number of carbonyl (C=O) groups is 1. The molecule has 0 fully saturated rings. The molecule has 3 aromatic rings. The Labute approximate surface area is 164 Å². The third-order valence-corrected chi connectivity index (χ3v) is 4.86. The Morgan fingerprint density at radius 3 is 2.43 bits per heavy atom. The number of aromatic nitrogens is 2. The van der Waals surface area contributed by atoms with Crippen LogP contribution in [-0.2, 0) is 24.4 Å². The molecule has 0 atom stereocenters. The fraction of sp³-hybridized carbons (Fsp3) is 0.318. The van der Waals surface area contributed by atoms with E-state index < -0.39 is 0 Å². The quantitative estimate of drug-likeness (QED) is 0.654. The molecule has 0 saturated carbocycles. The molecule has 1 aromatic heterocycles. The van der Waals surface area contributed by atoms with Crippen LogP contribution < -0.4 is 10.9 Å². The molecule has 1 heterocycles. The lowest BCUT2D eigenvalue weighted by Gasteiger charge is -2.18. The summed E-state index contributed by atoms with van der Waals surface area (Å²) in [6.45, 7) is 7.68. The molecule has 0 unspecified atom stereocenters. The summed E-state index contributed by atoms with van der Waals surface area (Å²) < 4.78 is 1.34. The van der Waals surface area contributed by atoms with Crippen LogP contribution in [0.2, 0.25) is 0 Å². The number of rotatable bonds is 8. The van der Waals surface area contributed by atoms with Crippen LogP contribution in [0.4, 0.5) is 0 Å². The SMILES string of the molecule is CCN(CC)Cc1ccc(CNC(=O)Cn2cnc3ccccc3c2=O)cc1. The first kappa shape index (κ1) is 19.8. The van der Waals surface area contributed by atoms with Gasteiger partial charge in [0, 0.05) is 13.1 Å². The van der Waals surface area contributed by atoms with Crippen molar-refractivity contribution < 1.29 is 4.79 Å². The Morgan fingerprint density at radius 2 is 1.71 bits per heavy atom. The van der Waals surface area contributed by atoms with Gasteiger partial charge in [-0.25, -0.2) is 4.98 Å². The topological polar surface area (TPSA) is 67.2 Å². The molecule has 0 radical (unpaired) electrons. The van der Waals surface area contributed by atoms with Gasteiger partial charge in [0.15, 0.2) is 0 Å². The van der Waals surface area contributed by atoms with Crippen LogP contribution in [0.3, 0.4) is 0 Å². The summed E-state index contributed by atoms with van der Waals surface area (Å²) in [5, 5.41) is 3.38. The summed E-state index contributed by atoms with van der Waals surface area (Å²) in [5.41, 5.74) is 2.71. The van der Waals surface area contributed by atoms with Crippen molar-refractivity contribution in [1.29, 1.82) is 0 Å². The van der Waals surface area contributed by atoms with Gasteiger partial charge in [0.2, 0.25) is 5.91 Å². The van der Waals surface area contributed by atoms with E-state index in [4.69, 9.17) is 0 Å². The monoisotopic (exact) mass is 378 g/mol. The average molecular weight is 378 g/mol. The minimum atomic E-state index is -0.216. The van der Waals surface area contributed by atoms with E-state index in [-0.39, 0.29) is 18.0 Å². The van der Waals surface area contributed by atoms with E-state index in [9.17, 15) is 9.59 Å². The number of amides is 1. The number of hydrogen-bond donors (Lipinski definition) is 1. The Balaban J connectivity index is 1.57. The number of nitrogens with zero attached hydrogens (tertiary/aromatic N) is 3. The number of para-hydroxylation sites is 1. The van der Waals surface area contributed by atoms with Gasteiger partial charge < -0.3 is 5.32 Å². The largest absolute Gasteiger partial charge is 0.350 e. The third kappa shape index (κ3) is 4.84. The number of hydrogen-bond acceptors (Lipinski definition) is 4. The summed E-state index contributed by atoms with van der Waals surface area (Å²) >= 11 is 0. The van der Waals surface area contributed by atoms with Crippen molar-refractivity contribution in [2.45, 2.75) is 33.5 Å². The molecule has 1 amide bonds. The molecule has 0 aliphatic heterocycles. The molecule has 1 N–H and O–H groups in total. The molecule has 6 nitrogen and oxygen atoms in total. The Kier molecular flexibility index (Phi) is 6.55. The van der Waals surface area contributed by atoms with Gasteiger partial charge in [0.1, 0.15) is 6.54 Å². The smallest absolute Gasteiger partial charge is 0.261 e. The van der Waals surface area contributed by atoms with Crippen LogP contribution in [-0.4, -0.2) is 33.4 Å². The Morgan fingerprint density at radius 1 is 1.04 bits per heavy atom. The maximum absolute atomic E-state index is 12.5. The zero-order valence-corrected chi connectivity index (χ0v) is 16.4. The van der Waals surface area contributed by atoms with Crippen molar-refractivity contribution in [2.24, 2.45) is 0 Å². The van der Waals surface area contributed by atoms with Gasteiger partial charge in [0.05, 0.1) is 17.2 Å². The van der Waals surface area contributed by atoms with E-state index in [2.05, 4.69) is 41.2 Å². The Hall–Kier alpha value is -2.99. The second-order valence-electron chi connectivity index (χ2n) is 6.75. The molecule has 0 aliphatic rings. The van der Waals surface area contributed by atoms with Gasteiger partial charge >= 0.3 is 0 Å². The van der Waals surface area contributed by atoms with E-state index in [0.717, 1.165) is 25.2 Å². The van der Waals surface area contributed by atoms with E-state index >= 15 is 0 Å². The predicted octanol–water partition coefficient (Wildman–Crippen LogP) is 2.55. The lowest BCUT2D eigenvalue weighted by atomic mass is 10.1. The molecule has 0 saturated heterocycles. The summed E-state index contributed by atoms with van der Waals surface area (Å²) in [6.07, 6.45) is 1.42. The van der Waals surface area contributed by atoms with Gasteiger partial charge in [0.25, 0.3) is 5.56 Å². The minimum absolute atomic E-state index is 0.0449. The molecule has 28 heavy (non-hydrogen) atoms. The van der Waals surface area contributed by atoms with Crippen molar-refractivity contribution in [3.63, 3.8) is 0 Å². The first-order valence-electron chi connectivity index (χ1n) is 9.61. The van der Waals surface area contributed by atoms with Gasteiger partial charge in [-0.1, -0.05) is 50.2 Å². The first-order valence-corrected chi connectivity index (χ1v) is 9.61. The molecule has 2 aromatic carbocycles. The van der Waals surface area contributed by atoms with Crippen molar-refractivity contribution in [3.05, 3.63) is 76.3 Å². The second-order valence-corrected chi connectivity index (χ2v) is 6.75. The van der Waals surface area contributed by atoms with Crippen molar-refractivity contribution in [3.8, 4) is 0 Å². The maximum atomic E-state index is 12.5. The highest BCUT2D eigenvalue weighted by atomic mass is 16.2. The van der Waals surface area contributed by atoms with E-state index in [1.54, 1.807) is 18.2 Å². The van der Waals surface area contributed by atoms with Gasteiger partial charge in [-0.15, -0.1) is 0 Å². The predicted molar refractivity (Wildman–Crippen MR) is 111 cm³/mol. The molecule has 6 heteroatoms. The molecular weight excluding hydrogens is 352 g/mol. The first-order chi connectivity index (χ1) is 13.6. The maximum Gasteiger partial charge on any atom is 0.261 e. The Bertz CT molecular complexity index is 991. The third-order valence-electron chi connectivity index (χ3n) is 4.86. The summed E-state index contributed by atoms with van der Waals surface area (Å²) in [4.78, 5) is 31.3. The average Bonchev–Trinajstić information content (AvgIpc) is 2.73. The molecule has 146 valence electrons. The molecule has 0 bridgehead atoms. The standard InChI is InChI=1S/C22H26N4O2/c1-3-25(4-2)14-18-11-9-17(10-12-18)13-23-21(27)15-26-16-24-20-8-6-5-7-19(20)22(26)28/h5-12,16H,3-4,13-15H2,1-2H3,(H,23,27). The van der Waals surface area contributed by atoms with Crippen LogP contribution in [0.15, 0.2) is 59.7 Å². The highest BCUT2D eigenvalue weighted by Gasteiger charge is 2.08. The van der Waals surface area contributed by atoms with E-state index in [1.807, 2.05) is 18.2 Å². The molecular formula is C22H26N4O2. The van der Waals surface area contributed by atoms with E-state index in [0.29, 0.717) is 17.4 Å². The van der Waals surface area contributed by atoms with Crippen LogP contribution in [0, 0.1) is 0 Å². The summed E-state index contributed by atoms with van der Waals surface area (Å²) in [6, 6.07) is 15.4. The van der Waals surface area contributed by atoms with Gasteiger partial charge in [-0.05, 0) is 36.3 Å². The number of carbonyl (C=O) groups excluding carboxylic acids is 1. The molecule has 0 spiro atoms. The number of nitrogens with one attached hydrogen (secondary N) is 1. The summed E-state index contributed by atoms with van der Waals surface area (Å²) in [5.74, 6) is -0.216. The number of fused-ring (bicyclic) bond motifs is 1. The van der Waals surface area contributed by atoms with Crippen molar-refractivity contribution in [1.82, 2.24) is 19.8 Å². The fourth-order valence-corrected chi connectivity index (χ4v) is 3.10. The highest BCUT2D eigenvalue weighted by Crippen LogP contribution is 2.08. The van der Waals surface area contributed by atoms with Crippen LogP contribution in [0.25, 0.3) is 10.9 Å². The second kappa shape index (κ2) is 9.28. The molecule has 3 rings (SSSR count). The lowest BCUT2D eigenvalue weighted by molar-refractivity contribution is -0.121.